The van der Waals surface area contributed by atoms with E-state index in [2.05, 4.69) is 22.5 Å². The monoisotopic (exact) mass is 284 g/mol. The van der Waals surface area contributed by atoms with Gasteiger partial charge in [-0.1, -0.05) is 6.92 Å². The number of hydrogen-bond acceptors (Lipinski definition) is 3. The first-order valence-corrected chi connectivity index (χ1v) is 8.22. The number of nitrogens with two attached hydrogens (primary N) is 1. The van der Waals surface area contributed by atoms with Crippen molar-refractivity contribution in [2.75, 3.05) is 25.4 Å². The van der Waals surface area contributed by atoms with Crippen molar-refractivity contribution in [2.45, 2.75) is 38.6 Å². The van der Waals surface area contributed by atoms with Gasteiger partial charge in [0.05, 0.1) is 11.0 Å². The summed E-state index contributed by atoms with van der Waals surface area (Å²) in [5.41, 5.74) is 9.07. The fourth-order valence-corrected chi connectivity index (χ4v) is 3.62. The number of rotatable bonds is 4. The van der Waals surface area contributed by atoms with Gasteiger partial charge in [0.1, 0.15) is 5.82 Å². The Hall–Kier alpha value is -1.55. The SMILES string of the molecule is CCN1CCC(Cn2c(C3CC3)nc3cc(N)ccc32)C1. The molecular formula is C17H24N4. The fraction of sp³-hybridized carbons (Fsp3) is 0.588. The maximum Gasteiger partial charge on any atom is 0.113 e. The molecule has 2 aliphatic rings. The summed E-state index contributed by atoms with van der Waals surface area (Å²) in [7, 11) is 0. The summed E-state index contributed by atoms with van der Waals surface area (Å²) >= 11 is 0. The van der Waals surface area contributed by atoms with Crippen LogP contribution in [-0.4, -0.2) is 34.1 Å². The van der Waals surface area contributed by atoms with E-state index in [1.165, 1.54) is 50.2 Å². The van der Waals surface area contributed by atoms with E-state index in [4.69, 9.17) is 10.7 Å². The van der Waals surface area contributed by atoms with Crippen LogP contribution in [0, 0.1) is 5.92 Å². The normalized spacial score (nSPS) is 23.2. The third kappa shape index (κ3) is 2.42. The molecule has 1 aliphatic carbocycles. The van der Waals surface area contributed by atoms with Gasteiger partial charge in [-0.2, -0.15) is 0 Å². The molecule has 0 amide bonds. The van der Waals surface area contributed by atoms with Gasteiger partial charge in [0, 0.05) is 24.7 Å². The van der Waals surface area contributed by atoms with Crippen molar-refractivity contribution in [3.05, 3.63) is 24.0 Å². The Morgan fingerprint density at radius 2 is 2.14 bits per heavy atom. The highest BCUT2D eigenvalue weighted by Crippen LogP contribution is 2.41. The van der Waals surface area contributed by atoms with E-state index < -0.39 is 0 Å². The lowest BCUT2D eigenvalue weighted by Gasteiger charge is -2.16. The number of anilines is 1. The van der Waals surface area contributed by atoms with Crippen molar-refractivity contribution in [3.63, 3.8) is 0 Å². The zero-order valence-electron chi connectivity index (χ0n) is 12.8. The fourth-order valence-electron chi connectivity index (χ4n) is 3.62. The summed E-state index contributed by atoms with van der Waals surface area (Å²) in [5.74, 6) is 2.74. The number of fused-ring (bicyclic) bond motifs is 1. The van der Waals surface area contributed by atoms with Crippen LogP contribution in [0.3, 0.4) is 0 Å². The molecule has 2 aromatic rings. The van der Waals surface area contributed by atoms with Gasteiger partial charge in [-0.25, -0.2) is 4.98 Å². The average Bonchev–Trinajstić information content (AvgIpc) is 3.13. The molecule has 1 aromatic heterocycles. The maximum absolute atomic E-state index is 5.92. The minimum atomic E-state index is 0.683. The second-order valence-corrected chi connectivity index (χ2v) is 6.65. The van der Waals surface area contributed by atoms with Crippen LogP contribution in [-0.2, 0) is 6.54 Å². The summed E-state index contributed by atoms with van der Waals surface area (Å²) in [6.07, 6.45) is 3.90. The molecule has 4 rings (SSSR count). The van der Waals surface area contributed by atoms with Crippen molar-refractivity contribution in [1.82, 2.24) is 14.5 Å². The zero-order valence-corrected chi connectivity index (χ0v) is 12.8. The standard InChI is InChI=1S/C17H24N4/c1-2-20-8-7-12(10-20)11-21-16-6-5-14(18)9-15(16)19-17(21)13-3-4-13/h5-6,9,12-13H,2-4,7-8,10-11,18H2,1H3. The Morgan fingerprint density at radius 3 is 2.86 bits per heavy atom. The summed E-state index contributed by atoms with van der Waals surface area (Å²) in [5, 5.41) is 0. The third-order valence-corrected chi connectivity index (χ3v) is 5.00. The average molecular weight is 284 g/mol. The summed E-state index contributed by atoms with van der Waals surface area (Å²) in [4.78, 5) is 7.44. The molecule has 4 nitrogen and oxygen atoms in total. The minimum Gasteiger partial charge on any atom is -0.399 e. The van der Waals surface area contributed by atoms with E-state index in [-0.39, 0.29) is 0 Å². The Kier molecular flexibility index (Phi) is 3.14. The lowest BCUT2D eigenvalue weighted by atomic mass is 10.1. The summed E-state index contributed by atoms with van der Waals surface area (Å²) in [6.45, 7) is 7.03. The van der Waals surface area contributed by atoms with Crippen molar-refractivity contribution in [3.8, 4) is 0 Å². The highest BCUT2D eigenvalue weighted by molar-refractivity contribution is 5.79. The second-order valence-electron chi connectivity index (χ2n) is 6.65. The third-order valence-electron chi connectivity index (χ3n) is 5.00. The molecule has 21 heavy (non-hydrogen) atoms. The second kappa shape index (κ2) is 5.02. The molecule has 0 spiro atoms. The topological polar surface area (TPSA) is 47.1 Å². The number of nitrogens with zero attached hydrogens (tertiary/aromatic N) is 3. The molecule has 1 aliphatic heterocycles. The van der Waals surface area contributed by atoms with Gasteiger partial charge in [-0.05, 0) is 56.5 Å². The van der Waals surface area contributed by atoms with E-state index in [0.717, 1.165) is 23.7 Å². The predicted octanol–water partition coefficient (Wildman–Crippen LogP) is 2.84. The molecular weight excluding hydrogens is 260 g/mol. The van der Waals surface area contributed by atoms with E-state index in [1.54, 1.807) is 0 Å². The van der Waals surface area contributed by atoms with Crippen LogP contribution in [0.15, 0.2) is 18.2 Å². The van der Waals surface area contributed by atoms with Gasteiger partial charge in [-0.3, -0.25) is 0 Å². The molecule has 1 aromatic carbocycles. The van der Waals surface area contributed by atoms with Gasteiger partial charge in [0.2, 0.25) is 0 Å². The number of benzene rings is 1. The van der Waals surface area contributed by atoms with Gasteiger partial charge in [0.25, 0.3) is 0 Å². The van der Waals surface area contributed by atoms with Gasteiger partial charge >= 0.3 is 0 Å². The summed E-state index contributed by atoms with van der Waals surface area (Å²) < 4.78 is 2.48. The molecule has 1 saturated heterocycles. The van der Waals surface area contributed by atoms with Gasteiger partial charge in [-0.15, -0.1) is 0 Å². The number of aromatic nitrogens is 2. The molecule has 4 heteroatoms. The van der Waals surface area contributed by atoms with Gasteiger partial charge in [0.15, 0.2) is 0 Å². The van der Waals surface area contributed by atoms with Crippen LogP contribution < -0.4 is 5.73 Å². The summed E-state index contributed by atoms with van der Waals surface area (Å²) in [6, 6.07) is 6.17. The molecule has 0 bridgehead atoms. The first kappa shape index (κ1) is 13.1. The zero-order chi connectivity index (χ0) is 14.4. The van der Waals surface area contributed by atoms with Crippen molar-refractivity contribution < 1.29 is 0 Å². The number of imidazole rings is 1. The Morgan fingerprint density at radius 1 is 1.29 bits per heavy atom. The number of nitrogen functional groups attached to an aromatic ring is 1. The van der Waals surface area contributed by atoms with E-state index in [1.807, 2.05) is 12.1 Å². The van der Waals surface area contributed by atoms with E-state index in [0.29, 0.717) is 5.92 Å². The first-order valence-electron chi connectivity index (χ1n) is 8.22. The van der Waals surface area contributed by atoms with Crippen LogP contribution in [0.25, 0.3) is 11.0 Å². The van der Waals surface area contributed by atoms with Crippen LogP contribution in [0.2, 0.25) is 0 Å². The molecule has 2 heterocycles. The molecule has 0 radical (unpaired) electrons. The lowest BCUT2D eigenvalue weighted by molar-refractivity contribution is 0.332. The quantitative estimate of drug-likeness (QED) is 0.878. The minimum absolute atomic E-state index is 0.683. The number of likely N-dealkylation sites (tertiary alicyclic amines) is 1. The van der Waals surface area contributed by atoms with Crippen molar-refractivity contribution in [1.29, 1.82) is 0 Å². The molecule has 2 N–H and O–H groups in total. The first-order chi connectivity index (χ1) is 10.2. The Bertz CT molecular complexity index is 656. The van der Waals surface area contributed by atoms with E-state index in [9.17, 15) is 0 Å². The Labute approximate surface area is 125 Å². The van der Waals surface area contributed by atoms with Crippen LogP contribution in [0.4, 0.5) is 5.69 Å². The van der Waals surface area contributed by atoms with Crippen molar-refractivity contribution >= 4 is 16.7 Å². The van der Waals surface area contributed by atoms with Crippen LogP contribution >= 0.6 is 0 Å². The van der Waals surface area contributed by atoms with E-state index >= 15 is 0 Å². The largest absolute Gasteiger partial charge is 0.399 e. The highest BCUT2D eigenvalue weighted by Gasteiger charge is 2.31. The Balaban J connectivity index is 1.67. The van der Waals surface area contributed by atoms with Crippen molar-refractivity contribution in [2.24, 2.45) is 5.92 Å². The molecule has 1 atom stereocenters. The van der Waals surface area contributed by atoms with Crippen LogP contribution in [0.1, 0.15) is 37.9 Å². The smallest absolute Gasteiger partial charge is 0.113 e. The highest BCUT2D eigenvalue weighted by atomic mass is 15.2. The predicted molar refractivity (Wildman–Crippen MR) is 86.3 cm³/mol. The van der Waals surface area contributed by atoms with Gasteiger partial charge < -0.3 is 15.2 Å². The maximum atomic E-state index is 5.92. The lowest BCUT2D eigenvalue weighted by Crippen LogP contribution is -2.21. The molecule has 1 unspecified atom stereocenters. The number of hydrogen-bond donors (Lipinski definition) is 1. The van der Waals surface area contributed by atoms with Crippen LogP contribution in [0.5, 0.6) is 0 Å². The molecule has 112 valence electrons. The molecule has 1 saturated carbocycles. The molecule has 2 fully saturated rings.